The number of benzene rings is 1. The lowest BCUT2D eigenvalue weighted by atomic mass is 9.94. The van der Waals surface area contributed by atoms with Gasteiger partial charge in [0.2, 0.25) is 5.91 Å². The first-order valence-corrected chi connectivity index (χ1v) is 9.20. The SMILES string of the molecule is CC1CC(NC(=O)CN(C)C)CN(c2ccc(C(F)F)c3ncccc23)C1. The number of pyridine rings is 1. The Morgan fingerprint density at radius 1 is 1.33 bits per heavy atom. The third kappa shape index (κ3) is 4.53. The average molecular weight is 376 g/mol. The number of likely N-dealkylation sites (N-methyl/N-ethyl adjacent to an activating group) is 1. The predicted molar refractivity (Wildman–Crippen MR) is 103 cm³/mol. The van der Waals surface area contributed by atoms with Crippen LogP contribution in [-0.2, 0) is 4.79 Å². The van der Waals surface area contributed by atoms with Crippen molar-refractivity contribution in [2.45, 2.75) is 25.8 Å². The Bertz CT molecular complexity index is 812. The number of rotatable bonds is 5. The topological polar surface area (TPSA) is 48.5 Å². The molecule has 1 aromatic carbocycles. The molecule has 1 fully saturated rings. The van der Waals surface area contributed by atoms with Crippen molar-refractivity contribution in [1.82, 2.24) is 15.2 Å². The van der Waals surface area contributed by atoms with E-state index < -0.39 is 6.43 Å². The molecule has 5 nitrogen and oxygen atoms in total. The van der Waals surface area contributed by atoms with Gasteiger partial charge in [0.15, 0.2) is 0 Å². The van der Waals surface area contributed by atoms with Crippen LogP contribution in [0, 0.1) is 5.92 Å². The lowest BCUT2D eigenvalue weighted by Crippen LogP contribution is -2.51. The van der Waals surface area contributed by atoms with Crippen LogP contribution in [0.15, 0.2) is 30.5 Å². The third-order valence-electron chi connectivity index (χ3n) is 4.84. The fourth-order valence-corrected chi connectivity index (χ4v) is 3.84. The summed E-state index contributed by atoms with van der Waals surface area (Å²) in [5, 5.41) is 3.82. The number of hydrogen-bond acceptors (Lipinski definition) is 4. The third-order valence-corrected chi connectivity index (χ3v) is 4.84. The number of fused-ring (bicyclic) bond motifs is 1. The van der Waals surface area contributed by atoms with Crippen molar-refractivity contribution in [3.63, 3.8) is 0 Å². The quantitative estimate of drug-likeness (QED) is 0.871. The Labute approximate surface area is 158 Å². The van der Waals surface area contributed by atoms with Crippen LogP contribution in [0.5, 0.6) is 0 Å². The van der Waals surface area contributed by atoms with Gasteiger partial charge in [0, 0.05) is 42.0 Å². The molecule has 3 rings (SSSR count). The van der Waals surface area contributed by atoms with E-state index >= 15 is 0 Å². The molecule has 2 atom stereocenters. The summed E-state index contributed by atoms with van der Waals surface area (Å²) in [4.78, 5) is 20.3. The number of halogens is 2. The highest BCUT2D eigenvalue weighted by Crippen LogP contribution is 2.34. The van der Waals surface area contributed by atoms with Gasteiger partial charge in [-0.25, -0.2) is 8.78 Å². The maximum Gasteiger partial charge on any atom is 0.265 e. The summed E-state index contributed by atoms with van der Waals surface area (Å²) in [6.45, 7) is 3.96. The van der Waals surface area contributed by atoms with Crippen molar-refractivity contribution < 1.29 is 13.6 Å². The number of anilines is 1. The highest BCUT2D eigenvalue weighted by molar-refractivity contribution is 5.94. The Balaban J connectivity index is 1.87. The molecule has 0 bridgehead atoms. The standard InChI is InChI=1S/C20H26F2N4O/c1-13-9-14(24-18(27)12-25(2)3)11-26(10-13)17-7-6-16(20(21)22)19-15(17)5-4-8-23-19/h4-8,13-14,20H,9-12H2,1-3H3,(H,24,27). The summed E-state index contributed by atoms with van der Waals surface area (Å²) in [6, 6.07) is 6.85. The minimum Gasteiger partial charge on any atom is -0.369 e. The normalized spacial score (nSPS) is 20.5. The van der Waals surface area contributed by atoms with E-state index in [9.17, 15) is 13.6 Å². The first-order valence-electron chi connectivity index (χ1n) is 9.20. The van der Waals surface area contributed by atoms with E-state index in [4.69, 9.17) is 0 Å². The molecule has 0 spiro atoms. The van der Waals surface area contributed by atoms with Gasteiger partial charge < -0.3 is 15.1 Å². The molecule has 1 aromatic heterocycles. The Morgan fingerprint density at radius 2 is 2.11 bits per heavy atom. The number of carbonyl (C=O) groups excluding carboxylic acids is 1. The summed E-state index contributed by atoms with van der Waals surface area (Å²) < 4.78 is 26.7. The summed E-state index contributed by atoms with van der Waals surface area (Å²) in [6.07, 6.45) is -0.114. The molecule has 0 saturated carbocycles. The molecule has 1 saturated heterocycles. The molecule has 27 heavy (non-hydrogen) atoms. The lowest BCUT2D eigenvalue weighted by Gasteiger charge is -2.39. The van der Waals surface area contributed by atoms with Crippen molar-refractivity contribution in [2.75, 3.05) is 38.6 Å². The Hall–Kier alpha value is -2.28. The minimum absolute atomic E-state index is 0.00128. The van der Waals surface area contributed by atoms with Crippen LogP contribution >= 0.6 is 0 Å². The van der Waals surface area contributed by atoms with E-state index in [1.165, 1.54) is 6.07 Å². The zero-order chi connectivity index (χ0) is 19.6. The zero-order valence-corrected chi connectivity index (χ0v) is 16.0. The second-order valence-corrected chi connectivity index (χ2v) is 7.62. The zero-order valence-electron chi connectivity index (χ0n) is 16.0. The lowest BCUT2D eigenvalue weighted by molar-refractivity contribution is -0.122. The number of alkyl halides is 2. The van der Waals surface area contributed by atoms with Crippen LogP contribution in [0.25, 0.3) is 10.9 Å². The van der Waals surface area contributed by atoms with Gasteiger partial charge in [0.05, 0.1) is 12.1 Å². The maximum absolute atomic E-state index is 13.3. The monoisotopic (exact) mass is 376 g/mol. The molecule has 1 amide bonds. The first-order chi connectivity index (χ1) is 12.8. The number of nitrogens with zero attached hydrogens (tertiary/aromatic N) is 3. The van der Waals surface area contributed by atoms with E-state index in [0.29, 0.717) is 24.5 Å². The van der Waals surface area contributed by atoms with Crippen LogP contribution in [0.1, 0.15) is 25.3 Å². The van der Waals surface area contributed by atoms with Crippen LogP contribution in [0.3, 0.4) is 0 Å². The number of piperidine rings is 1. The van der Waals surface area contributed by atoms with Crippen molar-refractivity contribution >= 4 is 22.5 Å². The molecular formula is C20H26F2N4O. The minimum atomic E-state index is -2.56. The number of aromatic nitrogens is 1. The van der Waals surface area contributed by atoms with Crippen molar-refractivity contribution in [2.24, 2.45) is 5.92 Å². The molecule has 7 heteroatoms. The van der Waals surface area contributed by atoms with Gasteiger partial charge in [-0.15, -0.1) is 0 Å². The molecule has 1 aliphatic heterocycles. The fraction of sp³-hybridized carbons (Fsp3) is 0.500. The number of hydrogen-bond donors (Lipinski definition) is 1. The molecular weight excluding hydrogens is 350 g/mol. The predicted octanol–water partition coefficient (Wildman–Crippen LogP) is 3.07. The van der Waals surface area contributed by atoms with E-state index in [1.807, 2.05) is 25.1 Å². The Morgan fingerprint density at radius 3 is 2.81 bits per heavy atom. The summed E-state index contributed by atoms with van der Waals surface area (Å²) in [5.74, 6) is 0.378. The highest BCUT2D eigenvalue weighted by Gasteiger charge is 2.28. The van der Waals surface area contributed by atoms with Crippen LogP contribution in [0.2, 0.25) is 0 Å². The molecule has 2 heterocycles. The van der Waals surface area contributed by atoms with Crippen molar-refractivity contribution in [3.05, 3.63) is 36.0 Å². The van der Waals surface area contributed by atoms with Gasteiger partial charge in [-0.05, 0) is 50.7 Å². The van der Waals surface area contributed by atoms with Crippen LogP contribution in [-0.4, -0.2) is 55.6 Å². The highest BCUT2D eigenvalue weighted by atomic mass is 19.3. The second kappa shape index (κ2) is 8.17. The molecule has 2 aromatic rings. The molecule has 2 unspecified atom stereocenters. The van der Waals surface area contributed by atoms with E-state index in [0.717, 1.165) is 24.0 Å². The van der Waals surface area contributed by atoms with Gasteiger partial charge in [-0.2, -0.15) is 0 Å². The number of amides is 1. The number of nitrogens with one attached hydrogen (secondary N) is 1. The van der Waals surface area contributed by atoms with E-state index in [-0.39, 0.29) is 17.5 Å². The molecule has 0 aliphatic carbocycles. The van der Waals surface area contributed by atoms with Gasteiger partial charge in [0.1, 0.15) is 0 Å². The summed E-state index contributed by atoms with van der Waals surface area (Å²) >= 11 is 0. The smallest absolute Gasteiger partial charge is 0.265 e. The van der Waals surface area contributed by atoms with E-state index in [2.05, 4.69) is 22.1 Å². The van der Waals surface area contributed by atoms with Crippen LogP contribution in [0.4, 0.5) is 14.5 Å². The maximum atomic E-state index is 13.3. The molecule has 0 radical (unpaired) electrons. The Kier molecular flexibility index (Phi) is 5.89. The van der Waals surface area contributed by atoms with E-state index in [1.54, 1.807) is 18.3 Å². The summed E-state index contributed by atoms with van der Waals surface area (Å²) in [5.41, 5.74) is 1.19. The second-order valence-electron chi connectivity index (χ2n) is 7.62. The van der Waals surface area contributed by atoms with Gasteiger partial charge in [0.25, 0.3) is 6.43 Å². The largest absolute Gasteiger partial charge is 0.369 e. The van der Waals surface area contributed by atoms with Gasteiger partial charge in [-0.1, -0.05) is 6.92 Å². The van der Waals surface area contributed by atoms with Gasteiger partial charge >= 0.3 is 0 Å². The molecule has 1 N–H and O–H groups in total. The van der Waals surface area contributed by atoms with Crippen LogP contribution < -0.4 is 10.2 Å². The first kappa shape index (κ1) is 19.5. The van der Waals surface area contributed by atoms with Gasteiger partial charge in [-0.3, -0.25) is 9.78 Å². The molecule has 146 valence electrons. The van der Waals surface area contributed by atoms with Crippen molar-refractivity contribution in [1.29, 1.82) is 0 Å². The number of carbonyl (C=O) groups is 1. The fourth-order valence-electron chi connectivity index (χ4n) is 3.84. The van der Waals surface area contributed by atoms with Crippen molar-refractivity contribution in [3.8, 4) is 0 Å². The molecule has 1 aliphatic rings. The average Bonchev–Trinajstić information content (AvgIpc) is 2.59. The summed E-state index contributed by atoms with van der Waals surface area (Å²) in [7, 11) is 3.72.